The number of hydrogen-bond acceptors (Lipinski definition) is 5. The highest BCUT2D eigenvalue weighted by Crippen LogP contribution is 2.24. The van der Waals surface area contributed by atoms with E-state index in [2.05, 4.69) is 0 Å². The second-order valence-corrected chi connectivity index (χ2v) is 4.35. The number of non-ortho nitro benzene ring substituents is 1. The first kappa shape index (κ1) is 14.8. The summed E-state index contributed by atoms with van der Waals surface area (Å²) in [6.07, 6.45) is 0. The number of rotatable bonds is 6. The van der Waals surface area contributed by atoms with Crippen molar-refractivity contribution in [3.8, 4) is 11.5 Å². The van der Waals surface area contributed by atoms with Crippen LogP contribution in [-0.4, -0.2) is 17.1 Å². The Morgan fingerprint density at radius 2 is 2.00 bits per heavy atom. The van der Waals surface area contributed by atoms with Crippen molar-refractivity contribution >= 4 is 5.69 Å². The summed E-state index contributed by atoms with van der Waals surface area (Å²) in [6, 6.07) is 11.5. The van der Waals surface area contributed by atoms with Gasteiger partial charge in [0.1, 0.15) is 18.1 Å². The van der Waals surface area contributed by atoms with Gasteiger partial charge in [-0.2, -0.15) is 0 Å². The van der Waals surface area contributed by atoms with Crippen LogP contribution in [0.25, 0.3) is 0 Å². The molecular formula is C15H15NO5. The second kappa shape index (κ2) is 6.71. The third-order valence-corrected chi connectivity index (χ3v) is 2.93. The molecule has 0 aromatic heterocycles. The minimum Gasteiger partial charge on any atom is -0.496 e. The maximum absolute atomic E-state index is 10.9. The summed E-state index contributed by atoms with van der Waals surface area (Å²) in [5.74, 6) is 0.948. The number of para-hydroxylation sites is 1. The molecule has 6 heteroatoms. The maximum atomic E-state index is 10.9. The van der Waals surface area contributed by atoms with Gasteiger partial charge in [0.05, 0.1) is 24.7 Å². The Morgan fingerprint density at radius 1 is 1.24 bits per heavy atom. The predicted octanol–water partition coefficient (Wildman–Crippen LogP) is 2.67. The van der Waals surface area contributed by atoms with Crippen molar-refractivity contribution in [3.05, 3.63) is 63.7 Å². The highest BCUT2D eigenvalue weighted by molar-refractivity contribution is 5.43. The lowest BCUT2D eigenvalue weighted by Gasteiger charge is -2.10. The first-order chi connectivity index (χ1) is 10.1. The van der Waals surface area contributed by atoms with E-state index in [0.717, 1.165) is 0 Å². The molecule has 0 aliphatic heterocycles. The molecule has 110 valence electrons. The summed E-state index contributed by atoms with van der Waals surface area (Å²) >= 11 is 0. The molecule has 2 rings (SSSR count). The third kappa shape index (κ3) is 3.70. The molecule has 0 aliphatic rings. The van der Waals surface area contributed by atoms with Crippen LogP contribution in [0.1, 0.15) is 11.1 Å². The predicted molar refractivity (Wildman–Crippen MR) is 76.3 cm³/mol. The van der Waals surface area contributed by atoms with Gasteiger partial charge in [-0.15, -0.1) is 0 Å². The minimum atomic E-state index is -0.478. The Balaban J connectivity index is 2.19. The highest BCUT2D eigenvalue weighted by Gasteiger charge is 2.11. The molecule has 1 N–H and O–H groups in total. The fraction of sp³-hybridized carbons (Fsp3) is 0.200. The third-order valence-electron chi connectivity index (χ3n) is 2.93. The van der Waals surface area contributed by atoms with E-state index in [1.54, 1.807) is 30.3 Å². The van der Waals surface area contributed by atoms with E-state index in [4.69, 9.17) is 9.47 Å². The summed E-state index contributed by atoms with van der Waals surface area (Å²) in [4.78, 5) is 10.4. The van der Waals surface area contributed by atoms with Crippen LogP contribution in [0, 0.1) is 10.1 Å². The molecule has 2 aromatic rings. The van der Waals surface area contributed by atoms with Crippen LogP contribution in [-0.2, 0) is 13.2 Å². The molecule has 0 radical (unpaired) electrons. The van der Waals surface area contributed by atoms with E-state index in [9.17, 15) is 15.2 Å². The van der Waals surface area contributed by atoms with Gasteiger partial charge in [-0.3, -0.25) is 10.1 Å². The van der Waals surface area contributed by atoms with Crippen molar-refractivity contribution in [3.63, 3.8) is 0 Å². The SMILES string of the molecule is COc1cc(COc2ccccc2CO)cc([N+](=O)[O-])c1. The quantitative estimate of drug-likeness (QED) is 0.653. The van der Waals surface area contributed by atoms with Crippen molar-refractivity contribution in [2.45, 2.75) is 13.2 Å². The Hall–Kier alpha value is -2.60. The summed E-state index contributed by atoms with van der Waals surface area (Å²) < 4.78 is 10.7. The van der Waals surface area contributed by atoms with Gasteiger partial charge in [0.15, 0.2) is 0 Å². The van der Waals surface area contributed by atoms with Gasteiger partial charge < -0.3 is 14.6 Å². The van der Waals surface area contributed by atoms with Gasteiger partial charge in [-0.1, -0.05) is 18.2 Å². The summed E-state index contributed by atoms with van der Waals surface area (Å²) in [7, 11) is 1.45. The van der Waals surface area contributed by atoms with Gasteiger partial charge in [0.25, 0.3) is 5.69 Å². The van der Waals surface area contributed by atoms with Gasteiger partial charge >= 0.3 is 0 Å². The fourth-order valence-corrected chi connectivity index (χ4v) is 1.89. The van der Waals surface area contributed by atoms with E-state index in [1.165, 1.54) is 19.2 Å². The number of nitro groups is 1. The number of ether oxygens (including phenoxy) is 2. The summed E-state index contributed by atoms with van der Waals surface area (Å²) in [5.41, 5.74) is 1.23. The monoisotopic (exact) mass is 289 g/mol. The average Bonchev–Trinajstić information content (AvgIpc) is 2.52. The Labute approximate surface area is 121 Å². The molecule has 0 aliphatic carbocycles. The molecule has 0 heterocycles. The Kier molecular flexibility index (Phi) is 4.73. The number of benzene rings is 2. The number of aliphatic hydroxyl groups excluding tert-OH is 1. The van der Waals surface area contributed by atoms with Crippen molar-refractivity contribution in [1.82, 2.24) is 0 Å². The van der Waals surface area contributed by atoms with Gasteiger partial charge in [-0.25, -0.2) is 0 Å². The normalized spacial score (nSPS) is 10.2. The van der Waals surface area contributed by atoms with E-state index in [1.807, 2.05) is 0 Å². The maximum Gasteiger partial charge on any atom is 0.273 e. The zero-order valence-corrected chi connectivity index (χ0v) is 11.5. The molecule has 6 nitrogen and oxygen atoms in total. The van der Waals surface area contributed by atoms with Crippen LogP contribution in [0.5, 0.6) is 11.5 Å². The molecule has 0 fully saturated rings. The molecular weight excluding hydrogens is 274 g/mol. The van der Waals surface area contributed by atoms with Crippen molar-refractivity contribution in [2.75, 3.05) is 7.11 Å². The molecule has 2 aromatic carbocycles. The molecule has 0 atom stereocenters. The smallest absolute Gasteiger partial charge is 0.273 e. The zero-order valence-electron chi connectivity index (χ0n) is 11.5. The van der Waals surface area contributed by atoms with Crippen LogP contribution in [0.3, 0.4) is 0 Å². The van der Waals surface area contributed by atoms with E-state index in [-0.39, 0.29) is 18.9 Å². The number of methoxy groups -OCH3 is 1. The molecule has 0 spiro atoms. The largest absolute Gasteiger partial charge is 0.496 e. The average molecular weight is 289 g/mol. The molecule has 0 unspecified atom stereocenters. The van der Waals surface area contributed by atoms with Crippen LogP contribution < -0.4 is 9.47 Å². The molecule has 21 heavy (non-hydrogen) atoms. The first-order valence-electron chi connectivity index (χ1n) is 6.28. The molecule has 0 amide bonds. The Morgan fingerprint density at radius 3 is 2.67 bits per heavy atom. The lowest BCUT2D eigenvalue weighted by atomic mass is 10.2. The standard InChI is InChI=1S/C15H15NO5/c1-20-14-7-11(6-13(8-14)16(18)19)10-21-15-5-3-2-4-12(15)9-17/h2-8,17H,9-10H2,1H3. The van der Waals surface area contributed by atoms with Crippen LogP contribution in [0.4, 0.5) is 5.69 Å². The lowest BCUT2D eigenvalue weighted by Crippen LogP contribution is -2.00. The lowest BCUT2D eigenvalue weighted by molar-refractivity contribution is -0.385. The molecule has 0 saturated heterocycles. The number of nitrogens with zero attached hydrogens (tertiary/aromatic N) is 1. The fourth-order valence-electron chi connectivity index (χ4n) is 1.89. The number of nitro benzene ring substituents is 1. The van der Waals surface area contributed by atoms with E-state index < -0.39 is 4.92 Å². The van der Waals surface area contributed by atoms with E-state index in [0.29, 0.717) is 22.6 Å². The van der Waals surface area contributed by atoms with Gasteiger partial charge in [-0.05, 0) is 17.7 Å². The highest BCUT2D eigenvalue weighted by atomic mass is 16.6. The van der Waals surface area contributed by atoms with Crippen molar-refractivity contribution in [1.29, 1.82) is 0 Å². The number of hydrogen-bond donors (Lipinski definition) is 1. The van der Waals surface area contributed by atoms with Crippen molar-refractivity contribution in [2.24, 2.45) is 0 Å². The van der Waals surface area contributed by atoms with Crippen LogP contribution in [0.15, 0.2) is 42.5 Å². The van der Waals surface area contributed by atoms with Gasteiger partial charge in [0, 0.05) is 11.6 Å². The second-order valence-electron chi connectivity index (χ2n) is 4.35. The van der Waals surface area contributed by atoms with Gasteiger partial charge in [0.2, 0.25) is 0 Å². The van der Waals surface area contributed by atoms with E-state index >= 15 is 0 Å². The van der Waals surface area contributed by atoms with Crippen LogP contribution >= 0.6 is 0 Å². The molecule has 0 bridgehead atoms. The summed E-state index contributed by atoms with van der Waals surface area (Å²) in [6.45, 7) is 0.0173. The molecule has 0 saturated carbocycles. The number of aliphatic hydroxyl groups is 1. The zero-order chi connectivity index (χ0) is 15.2. The summed E-state index contributed by atoms with van der Waals surface area (Å²) in [5, 5.41) is 20.1. The first-order valence-corrected chi connectivity index (χ1v) is 6.28. The minimum absolute atomic E-state index is 0.0524. The van der Waals surface area contributed by atoms with Crippen LogP contribution in [0.2, 0.25) is 0 Å². The van der Waals surface area contributed by atoms with Crippen molar-refractivity contribution < 1.29 is 19.5 Å². The topological polar surface area (TPSA) is 81.8 Å². The Bertz CT molecular complexity index is 642.